The number of carboxylic acid groups (broad SMARTS) is 2. The summed E-state index contributed by atoms with van der Waals surface area (Å²) in [5.74, 6) is -3.26. The lowest BCUT2D eigenvalue weighted by molar-refractivity contribution is -0.142. The summed E-state index contributed by atoms with van der Waals surface area (Å²) in [4.78, 5) is 83.4. The third-order valence-electron chi connectivity index (χ3n) is 9.30. The number of aliphatic hydroxyl groups excluding tert-OH is 1. The van der Waals surface area contributed by atoms with Crippen LogP contribution in [0, 0.1) is 0 Å². The van der Waals surface area contributed by atoms with E-state index in [0.29, 0.717) is 26.1 Å². The quantitative estimate of drug-likeness (QED) is 0.0431. The summed E-state index contributed by atoms with van der Waals surface area (Å²) in [6.45, 7) is 4.04. The topological polar surface area (TPSA) is 268 Å². The number of carbonyl (C=O) groups excluding carboxylic acids is 5. The van der Waals surface area contributed by atoms with Crippen molar-refractivity contribution in [3.8, 4) is 0 Å². The van der Waals surface area contributed by atoms with Gasteiger partial charge in [-0.1, -0.05) is 77.0 Å². The van der Waals surface area contributed by atoms with Crippen molar-refractivity contribution in [2.75, 3.05) is 98.7 Å². The third kappa shape index (κ3) is 41.4. The van der Waals surface area contributed by atoms with Gasteiger partial charge in [-0.25, -0.2) is 4.79 Å². The molecule has 61 heavy (non-hydrogen) atoms. The van der Waals surface area contributed by atoms with Crippen molar-refractivity contribution < 1.29 is 67.8 Å². The van der Waals surface area contributed by atoms with E-state index >= 15 is 0 Å². The Morgan fingerprint density at radius 3 is 1.41 bits per heavy atom. The van der Waals surface area contributed by atoms with Crippen molar-refractivity contribution in [3.05, 3.63) is 0 Å². The molecule has 0 aromatic carbocycles. The van der Waals surface area contributed by atoms with Crippen LogP contribution in [0.2, 0.25) is 0 Å². The zero-order chi connectivity index (χ0) is 45.2. The van der Waals surface area contributed by atoms with Crippen molar-refractivity contribution >= 4 is 41.4 Å². The molecule has 354 valence electrons. The lowest BCUT2D eigenvalue weighted by atomic mass is 10.0. The van der Waals surface area contributed by atoms with Crippen molar-refractivity contribution in [1.29, 1.82) is 0 Å². The van der Waals surface area contributed by atoms with E-state index in [-0.39, 0.29) is 134 Å². The normalized spacial score (nSPS) is 11.6. The number of nitrogens with zero attached hydrogens (tertiary/aromatic N) is 1. The van der Waals surface area contributed by atoms with Crippen LogP contribution in [-0.2, 0) is 52.5 Å². The Balaban J connectivity index is 3.69. The molecule has 0 aliphatic heterocycles. The van der Waals surface area contributed by atoms with Crippen molar-refractivity contribution in [3.63, 3.8) is 0 Å². The van der Waals surface area contributed by atoms with Gasteiger partial charge in [-0.05, 0) is 26.2 Å². The number of carbonyl (C=O) groups is 7. The zero-order valence-electron chi connectivity index (χ0n) is 36.7. The summed E-state index contributed by atoms with van der Waals surface area (Å²) >= 11 is 0. The van der Waals surface area contributed by atoms with Crippen LogP contribution in [0.4, 0.5) is 0 Å². The molecular weight excluding hydrogens is 798 g/mol. The molecule has 0 spiro atoms. The van der Waals surface area contributed by atoms with Gasteiger partial charge in [0.25, 0.3) is 0 Å². The molecule has 0 heterocycles. The van der Waals surface area contributed by atoms with Crippen molar-refractivity contribution in [2.45, 2.75) is 129 Å². The second-order valence-electron chi connectivity index (χ2n) is 14.9. The number of ketones is 1. The van der Waals surface area contributed by atoms with E-state index in [1.54, 1.807) is 4.90 Å². The molecule has 19 nitrogen and oxygen atoms in total. The Bertz CT molecular complexity index is 1200. The standard InChI is InChI=1S/C42H77N5O14/c1-35(49)32-47(24-25-48)23-20-43-39(52)33-60-30-29-59-27-22-45-40(53)34-61-31-28-58-26-21-44-37(50)19-18-36(42(56)57)46-38(51)16-14-12-10-8-6-4-2-3-5-7-9-11-13-15-17-41(54)55/h36,48H,2-34H2,1H3,(H,43,52)(H,44,50)(H,45,53)(H,46,51)(H,54,55)(H,56,57). The first-order chi connectivity index (χ1) is 29.4. The molecule has 0 saturated heterocycles. The predicted molar refractivity (Wildman–Crippen MR) is 227 cm³/mol. The fraction of sp³-hybridized carbons (Fsp3) is 0.833. The van der Waals surface area contributed by atoms with E-state index in [2.05, 4.69) is 21.3 Å². The number of rotatable bonds is 45. The third-order valence-corrected chi connectivity index (χ3v) is 9.30. The van der Waals surface area contributed by atoms with Crippen LogP contribution in [0.1, 0.15) is 122 Å². The van der Waals surface area contributed by atoms with Crippen LogP contribution in [0.3, 0.4) is 0 Å². The van der Waals surface area contributed by atoms with Gasteiger partial charge >= 0.3 is 11.9 Å². The highest BCUT2D eigenvalue weighted by Gasteiger charge is 2.21. The molecule has 0 fully saturated rings. The van der Waals surface area contributed by atoms with Crippen molar-refractivity contribution in [1.82, 2.24) is 26.2 Å². The molecule has 0 radical (unpaired) electrons. The molecule has 4 amide bonds. The van der Waals surface area contributed by atoms with Gasteiger partial charge < -0.3 is 55.5 Å². The molecular formula is C42H77N5O14. The second-order valence-corrected chi connectivity index (χ2v) is 14.9. The molecule has 0 rings (SSSR count). The van der Waals surface area contributed by atoms with Gasteiger partial charge in [0, 0.05) is 52.0 Å². The molecule has 19 heteroatoms. The summed E-state index contributed by atoms with van der Waals surface area (Å²) < 4.78 is 21.3. The Morgan fingerprint density at radius 2 is 0.951 bits per heavy atom. The molecule has 1 unspecified atom stereocenters. The number of hydrogen-bond acceptors (Lipinski definition) is 13. The van der Waals surface area contributed by atoms with Gasteiger partial charge in [0.1, 0.15) is 25.0 Å². The van der Waals surface area contributed by atoms with E-state index in [9.17, 15) is 38.7 Å². The summed E-state index contributed by atoms with van der Waals surface area (Å²) in [7, 11) is 0. The monoisotopic (exact) mass is 876 g/mol. The van der Waals surface area contributed by atoms with E-state index in [1.807, 2.05) is 0 Å². The maximum Gasteiger partial charge on any atom is 0.326 e. The smallest absolute Gasteiger partial charge is 0.326 e. The highest BCUT2D eigenvalue weighted by atomic mass is 16.5. The fourth-order valence-corrected chi connectivity index (χ4v) is 6.05. The van der Waals surface area contributed by atoms with E-state index in [1.165, 1.54) is 45.4 Å². The molecule has 7 N–H and O–H groups in total. The lowest BCUT2D eigenvalue weighted by Crippen LogP contribution is -2.41. The number of nitrogens with one attached hydrogen (secondary N) is 4. The van der Waals surface area contributed by atoms with Gasteiger partial charge in [-0.15, -0.1) is 0 Å². The van der Waals surface area contributed by atoms with E-state index < -0.39 is 18.0 Å². The molecule has 1 atom stereocenters. The maximum atomic E-state index is 12.3. The highest BCUT2D eigenvalue weighted by Crippen LogP contribution is 2.14. The number of Topliss-reactive ketones (excluding diaryl/α,β-unsaturated/α-hetero) is 1. The summed E-state index contributed by atoms with van der Waals surface area (Å²) in [6, 6.07) is -1.14. The Kier molecular flexibility index (Phi) is 39.0. The summed E-state index contributed by atoms with van der Waals surface area (Å²) in [5.41, 5.74) is 0. The number of carboxylic acids is 2. The first kappa shape index (κ1) is 57.2. The molecule has 0 aromatic rings. The number of aliphatic carboxylic acids is 2. The largest absolute Gasteiger partial charge is 0.481 e. The molecule has 0 aromatic heterocycles. The summed E-state index contributed by atoms with van der Waals surface area (Å²) in [5, 5.41) is 37.7. The number of amides is 4. The van der Waals surface area contributed by atoms with E-state index in [4.69, 9.17) is 29.2 Å². The van der Waals surface area contributed by atoms with Crippen molar-refractivity contribution in [2.24, 2.45) is 0 Å². The Hall–Kier alpha value is -3.75. The van der Waals surface area contributed by atoms with Crippen LogP contribution < -0.4 is 21.3 Å². The summed E-state index contributed by atoms with van der Waals surface area (Å²) in [6.07, 6.45) is 15.4. The maximum absolute atomic E-state index is 12.3. The van der Waals surface area contributed by atoms with Crippen LogP contribution in [-0.4, -0.2) is 166 Å². The minimum atomic E-state index is -1.19. The van der Waals surface area contributed by atoms with Gasteiger partial charge in [0.2, 0.25) is 23.6 Å². The SMILES string of the molecule is CC(=O)CN(CCO)CCNC(=O)COCCOCCNC(=O)COCCOCCNC(=O)CCC(NC(=O)CCCCCCCCCCCCCCCCC(=O)O)C(=O)O. The molecule has 0 aliphatic rings. The van der Waals surface area contributed by atoms with Gasteiger partial charge in [-0.3, -0.25) is 33.7 Å². The Morgan fingerprint density at radius 1 is 0.508 bits per heavy atom. The predicted octanol–water partition coefficient (Wildman–Crippen LogP) is 1.96. The average Bonchev–Trinajstić information content (AvgIpc) is 3.20. The minimum absolute atomic E-state index is 0.0238. The molecule has 0 bridgehead atoms. The molecule has 0 saturated carbocycles. The van der Waals surface area contributed by atoms with Gasteiger partial charge in [0.05, 0.1) is 52.8 Å². The first-order valence-electron chi connectivity index (χ1n) is 22.1. The Labute approximate surface area is 362 Å². The van der Waals surface area contributed by atoms with Gasteiger partial charge in [0.15, 0.2) is 0 Å². The van der Waals surface area contributed by atoms with Crippen LogP contribution >= 0.6 is 0 Å². The number of unbranched alkanes of at least 4 members (excludes halogenated alkanes) is 13. The van der Waals surface area contributed by atoms with Crippen LogP contribution in [0.15, 0.2) is 0 Å². The van der Waals surface area contributed by atoms with Gasteiger partial charge in [-0.2, -0.15) is 0 Å². The molecule has 0 aliphatic carbocycles. The number of aliphatic hydroxyl groups is 1. The number of ether oxygens (including phenoxy) is 4. The van der Waals surface area contributed by atoms with Crippen LogP contribution in [0.5, 0.6) is 0 Å². The number of hydrogen-bond donors (Lipinski definition) is 7. The fourth-order valence-electron chi connectivity index (χ4n) is 6.05. The minimum Gasteiger partial charge on any atom is -0.481 e. The van der Waals surface area contributed by atoms with Crippen LogP contribution in [0.25, 0.3) is 0 Å². The van der Waals surface area contributed by atoms with E-state index in [0.717, 1.165) is 44.9 Å². The first-order valence-corrected chi connectivity index (χ1v) is 22.1. The zero-order valence-corrected chi connectivity index (χ0v) is 36.7. The second kappa shape index (κ2) is 41.6. The highest BCUT2D eigenvalue weighted by molar-refractivity contribution is 5.84. The average molecular weight is 876 g/mol. The lowest BCUT2D eigenvalue weighted by Gasteiger charge is -2.19.